The first-order valence-corrected chi connectivity index (χ1v) is 5.92. The summed E-state index contributed by atoms with van der Waals surface area (Å²) in [5.74, 6) is 0.140. The molecule has 0 aliphatic rings. The molecule has 0 heterocycles. The van der Waals surface area contributed by atoms with Crippen molar-refractivity contribution in [3.8, 4) is 0 Å². The Morgan fingerprint density at radius 2 is 1.73 bits per heavy atom. The molecule has 0 fully saturated rings. The predicted molar refractivity (Wildman–Crippen MR) is 70.5 cm³/mol. The SMILES string of the molecule is CCCCOC(=O)C(CC)CCCC.[SnH4]. The van der Waals surface area contributed by atoms with E-state index in [2.05, 4.69) is 20.8 Å². The van der Waals surface area contributed by atoms with Crippen molar-refractivity contribution in [1.29, 1.82) is 0 Å². The van der Waals surface area contributed by atoms with Gasteiger partial charge in [-0.2, -0.15) is 0 Å². The van der Waals surface area contributed by atoms with Gasteiger partial charge in [0.2, 0.25) is 0 Å². The fraction of sp³-hybridized carbons (Fsp3) is 0.917. The van der Waals surface area contributed by atoms with E-state index in [0.29, 0.717) is 6.61 Å². The molecule has 0 N–H and O–H groups in total. The molecule has 92 valence electrons. The van der Waals surface area contributed by atoms with E-state index in [9.17, 15) is 4.79 Å². The van der Waals surface area contributed by atoms with Gasteiger partial charge in [0.1, 0.15) is 0 Å². The fourth-order valence-corrected chi connectivity index (χ4v) is 1.37. The van der Waals surface area contributed by atoms with Crippen molar-refractivity contribution in [3.63, 3.8) is 0 Å². The van der Waals surface area contributed by atoms with Gasteiger partial charge in [0.25, 0.3) is 0 Å². The monoisotopic (exact) mass is 324 g/mol. The molecule has 0 aromatic rings. The zero-order chi connectivity index (χ0) is 10.8. The molecule has 0 aromatic heterocycles. The molecule has 15 heavy (non-hydrogen) atoms. The summed E-state index contributed by atoms with van der Waals surface area (Å²) in [6, 6.07) is 0. The van der Waals surface area contributed by atoms with Crippen LogP contribution in [0.15, 0.2) is 0 Å². The van der Waals surface area contributed by atoms with Gasteiger partial charge >= 0.3 is 29.9 Å². The Bertz CT molecular complexity index is 149. The summed E-state index contributed by atoms with van der Waals surface area (Å²) in [5, 5.41) is 0. The first-order chi connectivity index (χ1) is 6.76. The molecule has 0 rings (SSSR count). The number of hydrogen-bond donors (Lipinski definition) is 0. The minimum absolute atomic E-state index is 0. The Kier molecular flexibility index (Phi) is 14.5. The van der Waals surface area contributed by atoms with Crippen LogP contribution in [0.1, 0.15) is 59.3 Å². The van der Waals surface area contributed by atoms with E-state index in [0.717, 1.165) is 38.5 Å². The predicted octanol–water partition coefficient (Wildman–Crippen LogP) is 2.09. The van der Waals surface area contributed by atoms with Gasteiger partial charge < -0.3 is 4.74 Å². The number of hydrogen-bond acceptors (Lipinski definition) is 2. The van der Waals surface area contributed by atoms with Crippen LogP contribution in [0.4, 0.5) is 0 Å². The van der Waals surface area contributed by atoms with Crippen molar-refractivity contribution in [3.05, 3.63) is 0 Å². The molecular formula is C12H28O2Sn. The molecule has 0 amide bonds. The summed E-state index contributed by atoms with van der Waals surface area (Å²) < 4.78 is 5.19. The molecule has 0 saturated carbocycles. The zero-order valence-corrected chi connectivity index (χ0v) is 9.84. The Morgan fingerprint density at radius 1 is 1.13 bits per heavy atom. The number of ether oxygens (including phenoxy) is 1. The number of rotatable bonds is 8. The molecular weight excluding hydrogens is 295 g/mol. The molecule has 0 bridgehead atoms. The summed E-state index contributed by atoms with van der Waals surface area (Å²) in [6.45, 7) is 6.90. The Balaban J connectivity index is 0. The van der Waals surface area contributed by atoms with Gasteiger partial charge in [-0.3, -0.25) is 4.79 Å². The third kappa shape index (κ3) is 9.21. The second-order valence-corrected chi connectivity index (χ2v) is 3.77. The average Bonchev–Trinajstić information content (AvgIpc) is 2.19. The second kappa shape index (κ2) is 12.3. The van der Waals surface area contributed by atoms with Gasteiger partial charge in [-0.15, -0.1) is 0 Å². The molecule has 0 spiro atoms. The molecule has 1 unspecified atom stereocenters. The Hall–Kier alpha value is 0.269. The number of esters is 1. The third-order valence-corrected chi connectivity index (χ3v) is 2.47. The quantitative estimate of drug-likeness (QED) is 0.388. The second-order valence-electron chi connectivity index (χ2n) is 3.77. The summed E-state index contributed by atoms with van der Waals surface area (Å²) >= 11 is 0. The van der Waals surface area contributed by atoms with Crippen LogP contribution in [0.3, 0.4) is 0 Å². The van der Waals surface area contributed by atoms with Crippen molar-refractivity contribution in [2.45, 2.75) is 59.3 Å². The van der Waals surface area contributed by atoms with Gasteiger partial charge in [-0.25, -0.2) is 0 Å². The summed E-state index contributed by atoms with van der Waals surface area (Å²) in [7, 11) is 0. The number of carbonyl (C=O) groups excluding carboxylic acids is 1. The third-order valence-electron chi connectivity index (χ3n) is 2.47. The Morgan fingerprint density at radius 3 is 2.20 bits per heavy atom. The van der Waals surface area contributed by atoms with E-state index in [4.69, 9.17) is 4.74 Å². The van der Waals surface area contributed by atoms with E-state index in [1.807, 2.05) is 0 Å². The zero-order valence-electron chi connectivity index (χ0n) is 9.84. The van der Waals surface area contributed by atoms with Crippen molar-refractivity contribution in [2.24, 2.45) is 5.92 Å². The molecule has 0 aliphatic heterocycles. The first kappa shape index (κ1) is 17.7. The van der Waals surface area contributed by atoms with E-state index in [1.54, 1.807) is 0 Å². The van der Waals surface area contributed by atoms with E-state index >= 15 is 0 Å². The van der Waals surface area contributed by atoms with Crippen LogP contribution in [0.5, 0.6) is 0 Å². The van der Waals surface area contributed by atoms with Gasteiger partial charge in [0.05, 0.1) is 12.5 Å². The fourth-order valence-electron chi connectivity index (χ4n) is 1.37. The van der Waals surface area contributed by atoms with Crippen molar-refractivity contribution in [1.82, 2.24) is 0 Å². The molecule has 2 nitrogen and oxygen atoms in total. The Labute approximate surface area is 111 Å². The van der Waals surface area contributed by atoms with Gasteiger partial charge in [0.15, 0.2) is 0 Å². The topological polar surface area (TPSA) is 26.3 Å². The molecule has 0 aromatic carbocycles. The molecule has 0 radical (unpaired) electrons. The van der Waals surface area contributed by atoms with Crippen LogP contribution in [-0.4, -0.2) is 36.5 Å². The molecule has 0 saturated heterocycles. The van der Waals surface area contributed by atoms with Crippen LogP contribution in [-0.2, 0) is 9.53 Å². The van der Waals surface area contributed by atoms with Gasteiger partial charge in [0, 0.05) is 0 Å². The maximum absolute atomic E-state index is 11.5. The average molecular weight is 323 g/mol. The molecule has 3 heteroatoms. The van der Waals surface area contributed by atoms with E-state index in [-0.39, 0.29) is 35.8 Å². The summed E-state index contributed by atoms with van der Waals surface area (Å²) in [5.41, 5.74) is 0. The van der Waals surface area contributed by atoms with Crippen LogP contribution >= 0.6 is 0 Å². The first-order valence-electron chi connectivity index (χ1n) is 5.92. The molecule has 0 aliphatic carbocycles. The van der Waals surface area contributed by atoms with E-state index < -0.39 is 0 Å². The van der Waals surface area contributed by atoms with Crippen LogP contribution < -0.4 is 0 Å². The summed E-state index contributed by atoms with van der Waals surface area (Å²) in [4.78, 5) is 11.5. The van der Waals surface area contributed by atoms with E-state index in [1.165, 1.54) is 0 Å². The van der Waals surface area contributed by atoms with Crippen LogP contribution in [0.2, 0.25) is 0 Å². The number of unbranched alkanes of at least 4 members (excludes halogenated alkanes) is 2. The van der Waals surface area contributed by atoms with Crippen molar-refractivity contribution >= 4 is 29.9 Å². The normalized spacial score (nSPS) is 11.7. The van der Waals surface area contributed by atoms with Crippen molar-refractivity contribution in [2.75, 3.05) is 6.61 Å². The summed E-state index contributed by atoms with van der Waals surface area (Å²) in [6.07, 6.45) is 6.23. The standard InChI is InChI=1S/C12H24O2.Sn.4H/c1-4-7-9-11(6-3)12(13)14-10-8-5-2;;;;;/h11H,4-10H2,1-3H3;;;;;. The van der Waals surface area contributed by atoms with Gasteiger partial charge in [-0.1, -0.05) is 40.0 Å². The van der Waals surface area contributed by atoms with Crippen LogP contribution in [0.25, 0.3) is 0 Å². The van der Waals surface area contributed by atoms with Gasteiger partial charge in [-0.05, 0) is 19.3 Å². The van der Waals surface area contributed by atoms with Crippen molar-refractivity contribution < 1.29 is 9.53 Å². The number of carbonyl (C=O) groups is 1. The molecule has 1 atom stereocenters. The minimum atomic E-state index is 0. The van der Waals surface area contributed by atoms with Crippen LogP contribution in [0, 0.1) is 5.92 Å². The maximum atomic E-state index is 11.5.